The Morgan fingerprint density at radius 1 is 1.11 bits per heavy atom. The van der Waals surface area contributed by atoms with Gasteiger partial charge in [0.1, 0.15) is 0 Å². The summed E-state index contributed by atoms with van der Waals surface area (Å²) >= 11 is 4.43. The van der Waals surface area contributed by atoms with Crippen molar-refractivity contribution >= 4 is 29.9 Å². The number of amides is 1. The van der Waals surface area contributed by atoms with Gasteiger partial charge in [0.05, 0.1) is 11.4 Å². The van der Waals surface area contributed by atoms with Crippen molar-refractivity contribution in [3.8, 4) is 0 Å². The molecule has 2 fully saturated rings. The number of thiol groups is 1. The van der Waals surface area contributed by atoms with Crippen LogP contribution in [-0.4, -0.2) is 30.8 Å². The zero-order valence-corrected chi connectivity index (χ0v) is 11.3. The van der Waals surface area contributed by atoms with E-state index >= 15 is 0 Å². The average Bonchev–Trinajstić information content (AvgIpc) is 2.99. The van der Waals surface area contributed by atoms with Crippen LogP contribution in [0.15, 0.2) is 24.3 Å². The maximum atomic E-state index is 12.0. The third-order valence-electron chi connectivity index (χ3n) is 3.72. The summed E-state index contributed by atoms with van der Waals surface area (Å²) in [6.07, 6.45) is 3.05. The Bertz CT molecular complexity index is 457. The number of anilines is 2. The fourth-order valence-corrected chi connectivity index (χ4v) is 3.16. The maximum absolute atomic E-state index is 12.0. The average molecular weight is 262 g/mol. The van der Waals surface area contributed by atoms with Crippen LogP contribution in [0.25, 0.3) is 0 Å². The van der Waals surface area contributed by atoms with Crippen LogP contribution in [0.5, 0.6) is 0 Å². The van der Waals surface area contributed by atoms with Crippen LogP contribution in [0.1, 0.15) is 19.3 Å². The number of hydrogen-bond donors (Lipinski definition) is 1. The van der Waals surface area contributed by atoms with E-state index in [2.05, 4.69) is 35.7 Å². The molecule has 0 spiro atoms. The molecule has 3 rings (SSSR count). The number of hydrogen-bond acceptors (Lipinski definition) is 3. The van der Waals surface area contributed by atoms with E-state index in [4.69, 9.17) is 0 Å². The second-order valence-electron chi connectivity index (χ2n) is 5.05. The van der Waals surface area contributed by atoms with Gasteiger partial charge in [0.2, 0.25) is 5.91 Å². The van der Waals surface area contributed by atoms with E-state index in [-0.39, 0.29) is 11.2 Å². The van der Waals surface area contributed by atoms with Gasteiger partial charge in [-0.15, -0.1) is 0 Å². The van der Waals surface area contributed by atoms with Crippen molar-refractivity contribution in [2.45, 2.75) is 24.5 Å². The summed E-state index contributed by atoms with van der Waals surface area (Å²) in [7, 11) is 0. The minimum atomic E-state index is 0.170. The minimum Gasteiger partial charge on any atom is -0.370 e. The van der Waals surface area contributed by atoms with Crippen LogP contribution in [0, 0.1) is 0 Å². The van der Waals surface area contributed by atoms with Crippen molar-refractivity contribution in [1.29, 1.82) is 0 Å². The normalized spacial score (nSPS) is 24.1. The zero-order valence-electron chi connectivity index (χ0n) is 10.4. The molecule has 4 heteroatoms. The molecule has 1 atom stereocenters. The molecule has 0 aliphatic carbocycles. The van der Waals surface area contributed by atoms with Crippen molar-refractivity contribution in [1.82, 2.24) is 0 Å². The number of para-hydroxylation sites is 2. The smallest absolute Gasteiger partial charge is 0.228 e. The lowest BCUT2D eigenvalue weighted by atomic mass is 10.2. The summed E-state index contributed by atoms with van der Waals surface area (Å²) in [5, 5.41) is 0.170. The molecule has 0 N–H and O–H groups in total. The van der Waals surface area contributed by atoms with Crippen LogP contribution < -0.4 is 9.80 Å². The molecule has 96 valence electrons. The molecule has 0 radical (unpaired) electrons. The first-order valence-electron chi connectivity index (χ1n) is 6.58. The first kappa shape index (κ1) is 11.9. The highest BCUT2D eigenvalue weighted by Gasteiger charge is 2.30. The van der Waals surface area contributed by atoms with Gasteiger partial charge in [-0.2, -0.15) is 12.6 Å². The summed E-state index contributed by atoms with van der Waals surface area (Å²) in [5.41, 5.74) is 2.26. The lowest BCUT2D eigenvalue weighted by Gasteiger charge is -2.26. The van der Waals surface area contributed by atoms with Gasteiger partial charge in [0.15, 0.2) is 0 Å². The molecular weight excluding hydrogens is 244 g/mol. The Hall–Kier alpha value is -1.16. The fourth-order valence-electron chi connectivity index (χ4n) is 2.84. The minimum absolute atomic E-state index is 0.170. The predicted octanol–water partition coefficient (Wildman–Crippen LogP) is 2.32. The van der Waals surface area contributed by atoms with Gasteiger partial charge in [-0.25, -0.2) is 0 Å². The molecule has 0 aromatic heterocycles. The number of rotatable bonds is 2. The van der Waals surface area contributed by atoms with Gasteiger partial charge in [0.25, 0.3) is 0 Å². The molecule has 1 unspecified atom stereocenters. The Balaban J connectivity index is 1.93. The van der Waals surface area contributed by atoms with Crippen molar-refractivity contribution in [2.24, 2.45) is 0 Å². The zero-order chi connectivity index (χ0) is 12.5. The van der Waals surface area contributed by atoms with E-state index in [9.17, 15) is 4.79 Å². The summed E-state index contributed by atoms with van der Waals surface area (Å²) in [4.78, 5) is 16.3. The number of benzene rings is 1. The standard InChI is InChI=1S/C14H18N2OS/c17-14-9-11(18)10-16(14)13-6-2-1-5-12(13)15-7-3-4-8-15/h1-2,5-6,11,18H,3-4,7-10H2. The maximum Gasteiger partial charge on any atom is 0.228 e. The number of carbonyl (C=O) groups is 1. The third-order valence-corrected chi connectivity index (χ3v) is 4.07. The monoisotopic (exact) mass is 262 g/mol. The van der Waals surface area contributed by atoms with Crippen molar-refractivity contribution in [2.75, 3.05) is 29.4 Å². The second kappa shape index (κ2) is 4.84. The first-order chi connectivity index (χ1) is 8.75. The molecular formula is C14H18N2OS. The molecule has 2 aliphatic rings. The molecule has 0 saturated carbocycles. The van der Waals surface area contributed by atoms with Gasteiger partial charge in [0, 0.05) is 31.3 Å². The Morgan fingerprint density at radius 3 is 2.39 bits per heavy atom. The highest BCUT2D eigenvalue weighted by Crippen LogP contribution is 2.34. The molecule has 18 heavy (non-hydrogen) atoms. The lowest BCUT2D eigenvalue weighted by molar-refractivity contribution is -0.117. The van der Waals surface area contributed by atoms with Crippen LogP contribution in [0.3, 0.4) is 0 Å². The Morgan fingerprint density at radius 2 is 1.78 bits per heavy atom. The lowest BCUT2D eigenvalue weighted by Crippen LogP contribution is -2.28. The van der Waals surface area contributed by atoms with Crippen LogP contribution in [0.4, 0.5) is 11.4 Å². The molecule has 1 aromatic rings. The van der Waals surface area contributed by atoms with Gasteiger partial charge in [-0.3, -0.25) is 4.79 Å². The second-order valence-corrected chi connectivity index (χ2v) is 5.78. The van der Waals surface area contributed by atoms with E-state index < -0.39 is 0 Å². The Labute approximate surface area is 113 Å². The molecule has 1 aromatic carbocycles. The summed E-state index contributed by atoms with van der Waals surface area (Å²) < 4.78 is 0. The van der Waals surface area contributed by atoms with Gasteiger partial charge in [-0.1, -0.05) is 12.1 Å². The van der Waals surface area contributed by atoms with Gasteiger partial charge in [-0.05, 0) is 25.0 Å². The van der Waals surface area contributed by atoms with Gasteiger partial charge >= 0.3 is 0 Å². The fraction of sp³-hybridized carbons (Fsp3) is 0.500. The summed E-state index contributed by atoms with van der Waals surface area (Å²) in [6.45, 7) is 2.93. The highest BCUT2D eigenvalue weighted by atomic mass is 32.1. The summed E-state index contributed by atoms with van der Waals surface area (Å²) in [5.74, 6) is 0.196. The van der Waals surface area contributed by atoms with E-state index in [1.54, 1.807) is 0 Å². The van der Waals surface area contributed by atoms with Gasteiger partial charge < -0.3 is 9.80 Å². The molecule has 0 bridgehead atoms. The van der Waals surface area contributed by atoms with E-state index in [1.807, 2.05) is 11.0 Å². The molecule has 2 aliphatic heterocycles. The molecule has 2 heterocycles. The van der Waals surface area contributed by atoms with Crippen molar-refractivity contribution < 1.29 is 4.79 Å². The van der Waals surface area contributed by atoms with Crippen LogP contribution >= 0.6 is 12.6 Å². The summed E-state index contributed by atoms with van der Waals surface area (Å²) in [6, 6.07) is 8.24. The van der Waals surface area contributed by atoms with Crippen LogP contribution in [-0.2, 0) is 4.79 Å². The number of carbonyl (C=O) groups excluding carboxylic acids is 1. The number of nitrogens with zero attached hydrogens (tertiary/aromatic N) is 2. The largest absolute Gasteiger partial charge is 0.370 e. The molecule has 3 nitrogen and oxygen atoms in total. The molecule has 2 saturated heterocycles. The highest BCUT2D eigenvalue weighted by molar-refractivity contribution is 7.81. The topological polar surface area (TPSA) is 23.6 Å². The van der Waals surface area contributed by atoms with E-state index in [0.717, 1.165) is 25.3 Å². The van der Waals surface area contributed by atoms with Crippen molar-refractivity contribution in [3.63, 3.8) is 0 Å². The molecule has 1 amide bonds. The van der Waals surface area contributed by atoms with Crippen molar-refractivity contribution in [3.05, 3.63) is 24.3 Å². The predicted molar refractivity (Wildman–Crippen MR) is 77.6 cm³/mol. The SMILES string of the molecule is O=C1CC(S)CN1c1ccccc1N1CCCC1. The first-order valence-corrected chi connectivity index (χ1v) is 7.10. The van der Waals surface area contributed by atoms with E-state index in [0.29, 0.717) is 6.42 Å². The van der Waals surface area contributed by atoms with Crippen LogP contribution in [0.2, 0.25) is 0 Å². The third kappa shape index (κ3) is 2.09. The van der Waals surface area contributed by atoms with E-state index in [1.165, 1.54) is 18.5 Å². The quantitative estimate of drug-likeness (QED) is 0.827. The Kier molecular flexibility index (Phi) is 3.20.